The van der Waals surface area contributed by atoms with Crippen LogP contribution in [0.3, 0.4) is 0 Å². The molecule has 0 unspecified atom stereocenters. The second-order valence-corrected chi connectivity index (χ2v) is 6.11. The summed E-state index contributed by atoms with van der Waals surface area (Å²) in [6.07, 6.45) is 2.46. The Bertz CT molecular complexity index is 677. The monoisotopic (exact) mass is 283 g/mol. The van der Waals surface area contributed by atoms with Crippen molar-refractivity contribution in [3.8, 4) is 0 Å². The average Bonchev–Trinajstić information content (AvgIpc) is 3.27. The molecule has 1 aromatic carbocycles. The number of fused-ring (bicyclic) bond motifs is 1. The van der Waals surface area contributed by atoms with Crippen molar-refractivity contribution in [3.63, 3.8) is 0 Å². The van der Waals surface area contributed by atoms with Gasteiger partial charge in [0.2, 0.25) is 0 Å². The fourth-order valence-corrected chi connectivity index (χ4v) is 2.63. The number of aromatic nitrogens is 1. The SMILES string of the molecule is CC(C)N(CC1CC1)C(=O)c1cc(N)nc2ccccc12. The van der Waals surface area contributed by atoms with Crippen LogP contribution in [0.2, 0.25) is 0 Å². The first-order chi connectivity index (χ1) is 10.1. The van der Waals surface area contributed by atoms with Crippen LogP contribution in [0.25, 0.3) is 10.9 Å². The fourth-order valence-electron chi connectivity index (χ4n) is 2.63. The molecule has 1 aliphatic rings. The van der Waals surface area contributed by atoms with Gasteiger partial charge in [-0.2, -0.15) is 0 Å². The molecule has 4 heteroatoms. The first-order valence-electron chi connectivity index (χ1n) is 7.52. The highest BCUT2D eigenvalue weighted by Crippen LogP contribution is 2.31. The van der Waals surface area contributed by atoms with Crippen LogP contribution >= 0.6 is 0 Å². The van der Waals surface area contributed by atoms with Crippen LogP contribution in [-0.4, -0.2) is 28.4 Å². The number of rotatable bonds is 4. The number of benzene rings is 1. The number of hydrogen-bond donors (Lipinski definition) is 1. The van der Waals surface area contributed by atoms with Gasteiger partial charge in [-0.25, -0.2) is 4.98 Å². The molecule has 0 aliphatic heterocycles. The van der Waals surface area contributed by atoms with Gasteiger partial charge in [-0.05, 0) is 44.7 Å². The minimum absolute atomic E-state index is 0.0576. The van der Waals surface area contributed by atoms with Crippen molar-refractivity contribution in [3.05, 3.63) is 35.9 Å². The van der Waals surface area contributed by atoms with Gasteiger partial charge in [0, 0.05) is 18.0 Å². The number of pyridine rings is 1. The molecule has 110 valence electrons. The van der Waals surface area contributed by atoms with Crippen LogP contribution in [0, 0.1) is 5.92 Å². The zero-order valence-corrected chi connectivity index (χ0v) is 12.5. The predicted octanol–water partition coefficient (Wildman–Crippen LogP) is 3.08. The Kier molecular flexibility index (Phi) is 3.53. The van der Waals surface area contributed by atoms with E-state index in [0.717, 1.165) is 17.4 Å². The summed E-state index contributed by atoms with van der Waals surface area (Å²) in [5.41, 5.74) is 7.30. The highest BCUT2D eigenvalue weighted by atomic mass is 16.2. The van der Waals surface area contributed by atoms with Crippen molar-refractivity contribution in [2.24, 2.45) is 5.92 Å². The van der Waals surface area contributed by atoms with Gasteiger partial charge < -0.3 is 10.6 Å². The minimum atomic E-state index is 0.0576. The Labute approximate surface area is 125 Å². The molecular weight excluding hydrogens is 262 g/mol. The summed E-state index contributed by atoms with van der Waals surface area (Å²) in [6, 6.07) is 9.55. The molecule has 0 saturated heterocycles. The first-order valence-corrected chi connectivity index (χ1v) is 7.52. The number of nitrogen functional groups attached to an aromatic ring is 1. The molecule has 0 spiro atoms. The Morgan fingerprint density at radius 3 is 2.76 bits per heavy atom. The summed E-state index contributed by atoms with van der Waals surface area (Å²) in [5, 5.41) is 0.873. The number of carbonyl (C=O) groups is 1. The van der Waals surface area contributed by atoms with Crippen LogP contribution in [-0.2, 0) is 0 Å². The quantitative estimate of drug-likeness (QED) is 0.938. The average molecular weight is 283 g/mol. The van der Waals surface area contributed by atoms with E-state index in [1.807, 2.05) is 29.2 Å². The van der Waals surface area contributed by atoms with E-state index in [4.69, 9.17) is 5.73 Å². The molecule has 3 rings (SSSR count). The van der Waals surface area contributed by atoms with Crippen LogP contribution in [0.1, 0.15) is 37.0 Å². The second-order valence-electron chi connectivity index (χ2n) is 6.11. The molecule has 1 aliphatic carbocycles. The van der Waals surface area contributed by atoms with Gasteiger partial charge in [0.05, 0.1) is 11.1 Å². The van der Waals surface area contributed by atoms with Crippen LogP contribution < -0.4 is 5.73 Å². The fraction of sp³-hybridized carbons (Fsp3) is 0.412. The number of hydrogen-bond acceptors (Lipinski definition) is 3. The van der Waals surface area contributed by atoms with E-state index in [0.29, 0.717) is 17.3 Å². The first kappa shape index (κ1) is 13.9. The number of nitrogens with two attached hydrogens (primary N) is 1. The molecule has 0 bridgehead atoms. The summed E-state index contributed by atoms with van der Waals surface area (Å²) in [7, 11) is 0. The lowest BCUT2D eigenvalue weighted by Crippen LogP contribution is -2.38. The van der Waals surface area contributed by atoms with Crippen LogP contribution in [0.4, 0.5) is 5.82 Å². The number of carbonyl (C=O) groups excluding carboxylic acids is 1. The number of amides is 1. The van der Waals surface area contributed by atoms with Gasteiger partial charge in [0.1, 0.15) is 5.82 Å². The predicted molar refractivity (Wildman–Crippen MR) is 85.1 cm³/mol. The Balaban J connectivity index is 2.03. The van der Waals surface area contributed by atoms with Crippen molar-refractivity contribution in [2.75, 3.05) is 12.3 Å². The Morgan fingerprint density at radius 1 is 1.38 bits per heavy atom. The Hall–Kier alpha value is -2.10. The molecule has 21 heavy (non-hydrogen) atoms. The molecular formula is C17H21N3O. The topological polar surface area (TPSA) is 59.2 Å². The number of anilines is 1. The molecule has 2 aromatic rings. The molecule has 2 N–H and O–H groups in total. The lowest BCUT2D eigenvalue weighted by atomic mass is 10.1. The van der Waals surface area contributed by atoms with Crippen molar-refractivity contribution in [1.82, 2.24) is 9.88 Å². The van der Waals surface area contributed by atoms with Crippen LogP contribution in [0.15, 0.2) is 30.3 Å². The molecule has 1 amide bonds. The van der Waals surface area contributed by atoms with Crippen molar-refractivity contribution in [1.29, 1.82) is 0 Å². The standard InChI is InChI=1S/C17H21N3O/c1-11(2)20(10-12-7-8-12)17(21)14-9-16(18)19-15-6-4-3-5-13(14)15/h3-6,9,11-12H,7-8,10H2,1-2H3,(H2,18,19). The van der Waals surface area contributed by atoms with Gasteiger partial charge in [0.15, 0.2) is 0 Å². The largest absolute Gasteiger partial charge is 0.384 e. The van der Waals surface area contributed by atoms with Crippen molar-refractivity contribution >= 4 is 22.6 Å². The molecule has 1 aromatic heterocycles. The molecule has 1 saturated carbocycles. The normalized spacial score (nSPS) is 14.6. The zero-order valence-electron chi connectivity index (χ0n) is 12.5. The van der Waals surface area contributed by atoms with Gasteiger partial charge in [-0.15, -0.1) is 0 Å². The van der Waals surface area contributed by atoms with Gasteiger partial charge in [-0.1, -0.05) is 18.2 Å². The lowest BCUT2D eigenvalue weighted by molar-refractivity contribution is 0.0698. The highest BCUT2D eigenvalue weighted by Gasteiger charge is 2.29. The summed E-state index contributed by atoms with van der Waals surface area (Å²) < 4.78 is 0. The molecule has 1 fully saturated rings. The molecule has 1 heterocycles. The maximum atomic E-state index is 13.0. The second kappa shape index (κ2) is 5.35. The Morgan fingerprint density at radius 2 is 2.10 bits per heavy atom. The minimum Gasteiger partial charge on any atom is -0.384 e. The van der Waals surface area contributed by atoms with Crippen molar-refractivity contribution < 1.29 is 4.79 Å². The lowest BCUT2D eigenvalue weighted by Gasteiger charge is -2.27. The molecule has 0 atom stereocenters. The summed E-state index contributed by atoms with van der Waals surface area (Å²) in [5.74, 6) is 1.12. The van der Waals surface area contributed by atoms with Gasteiger partial charge in [0.25, 0.3) is 5.91 Å². The van der Waals surface area contributed by atoms with E-state index in [9.17, 15) is 4.79 Å². The van der Waals surface area contributed by atoms with E-state index in [2.05, 4.69) is 18.8 Å². The van der Waals surface area contributed by atoms with Crippen LogP contribution in [0.5, 0.6) is 0 Å². The third-order valence-electron chi connectivity index (χ3n) is 4.00. The highest BCUT2D eigenvalue weighted by molar-refractivity contribution is 6.07. The van der Waals surface area contributed by atoms with E-state index >= 15 is 0 Å². The number of nitrogens with zero attached hydrogens (tertiary/aromatic N) is 2. The molecule has 4 nitrogen and oxygen atoms in total. The number of para-hydroxylation sites is 1. The van der Waals surface area contributed by atoms with E-state index in [1.165, 1.54) is 12.8 Å². The van der Waals surface area contributed by atoms with Gasteiger partial charge >= 0.3 is 0 Å². The van der Waals surface area contributed by atoms with E-state index in [1.54, 1.807) is 6.07 Å². The third kappa shape index (κ3) is 2.84. The maximum Gasteiger partial charge on any atom is 0.254 e. The molecule has 0 radical (unpaired) electrons. The summed E-state index contributed by atoms with van der Waals surface area (Å²) >= 11 is 0. The van der Waals surface area contributed by atoms with Gasteiger partial charge in [-0.3, -0.25) is 4.79 Å². The van der Waals surface area contributed by atoms with E-state index < -0.39 is 0 Å². The summed E-state index contributed by atoms with van der Waals surface area (Å²) in [4.78, 5) is 19.2. The smallest absolute Gasteiger partial charge is 0.254 e. The summed E-state index contributed by atoms with van der Waals surface area (Å²) in [6.45, 7) is 4.97. The van der Waals surface area contributed by atoms with Crippen molar-refractivity contribution in [2.45, 2.75) is 32.7 Å². The zero-order chi connectivity index (χ0) is 15.0. The van der Waals surface area contributed by atoms with E-state index in [-0.39, 0.29) is 11.9 Å². The maximum absolute atomic E-state index is 13.0. The third-order valence-corrected chi connectivity index (χ3v) is 4.00.